The summed E-state index contributed by atoms with van der Waals surface area (Å²) in [6, 6.07) is 7.73. The van der Waals surface area contributed by atoms with Crippen molar-refractivity contribution in [2.75, 3.05) is 6.54 Å². The van der Waals surface area contributed by atoms with Crippen molar-refractivity contribution in [3.8, 4) is 0 Å². The van der Waals surface area contributed by atoms with E-state index in [-0.39, 0.29) is 6.54 Å². The van der Waals surface area contributed by atoms with Crippen LogP contribution in [0.4, 0.5) is 0 Å². The third-order valence-corrected chi connectivity index (χ3v) is 4.07. The first-order valence-electron chi connectivity index (χ1n) is 7.57. The maximum absolute atomic E-state index is 11.8. The van der Waals surface area contributed by atoms with Crippen LogP contribution in [0.1, 0.15) is 56.6 Å². The monoisotopic (exact) mass is 277 g/mol. The van der Waals surface area contributed by atoms with E-state index in [9.17, 15) is 9.90 Å². The number of aliphatic carboxylic acids is 1. The fourth-order valence-corrected chi connectivity index (χ4v) is 2.58. The van der Waals surface area contributed by atoms with Gasteiger partial charge in [-0.05, 0) is 18.9 Å². The van der Waals surface area contributed by atoms with Gasteiger partial charge in [-0.2, -0.15) is 0 Å². The third-order valence-electron chi connectivity index (χ3n) is 4.07. The molecule has 0 aliphatic heterocycles. The Morgan fingerprint density at radius 1 is 1.15 bits per heavy atom. The predicted octanol–water partition coefficient (Wildman–Crippen LogP) is 3.64. The highest BCUT2D eigenvalue weighted by Gasteiger charge is 2.38. The highest BCUT2D eigenvalue weighted by molar-refractivity contribution is 5.81. The Balaban J connectivity index is 2.81. The number of hydrogen-bond acceptors (Lipinski definition) is 2. The van der Waals surface area contributed by atoms with Crippen molar-refractivity contribution >= 4 is 5.97 Å². The quantitative estimate of drug-likeness (QED) is 0.677. The summed E-state index contributed by atoms with van der Waals surface area (Å²) in [6.45, 7) is 4.33. The second-order valence-corrected chi connectivity index (χ2v) is 5.62. The normalized spacial score (nSPS) is 13.9. The molecule has 0 spiro atoms. The van der Waals surface area contributed by atoms with E-state index < -0.39 is 11.4 Å². The molecule has 0 radical (unpaired) electrons. The average Bonchev–Trinajstić information content (AvgIpc) is 2.44. The van der Waals surface area contributed by atoms with Crippen molar-refractivity contribution in [2.24, 2.45) is 5.73 Å². The van der Waals surface area contributed by atoms with Gasteiger partial charge < -0.3 is 10.8 Å². The summed E-state index contributed by atoms with van der Waals surface area (Å²) in [5.74, 6) is -0.806. The summed E-state index contributed by atoms with van der Waals surface area (Å²) in [5, 5.41) is 9.67. The average molecular weight is 277 g/mol. The molecule has 0 aromatic heterocycles. The number of aryl methyl sites for hydroxylation is 1. The van der Waals surface area contributed by atoms with Gasteiger partial charge in [0, 0.05) is 6.54 Å². The van der Waals surface area contributed by atoms with E-state index in [1.165, 1.54) is 19.3 Å². The molecule has 112 valence electrons. The van der Waals surface area contributed by atoms with E-state index in [1.807, 2.05) is 31.2 Å². The van der Waals surface area contributed by atoms with Crippen LogP contribution in [-0.2, 0) is 10.2 Å². The lowest BCUT2D eigenvalue weighted by Crippen LogP contribution is -2.43. The van der Waals surface area contributed by atoms with Gasteiger partial charge in [0.25, 0.3) is 0 Å². The summed E-state index contributed by atoms with van der Waals surface area (Å²) < 4.78 is 0. The van der Waals surface area contributed by atoms with Gasteiger partial charge >= 0.3 is 5.97 Å². The van der Waals surface area contributed by atoms with E-state index in [4.69, 9.17) is 5.73 Å². The molecule has 1 aromatic rings. The van der Waals surface area contributed by atoms with Crippen molar-refractivity contribution in [2.45, 2.75) is 57.8 Å². The van der Waals surface area contributed by atoms with Crippen LogP contribution < -0.4 is 5.73 Å². The molecule has 3 heteroatoms. The van der Waals surface area contributed by atoms with Crippen molar-refractivity contribution in [3.63, 3.8) is 0 Å². The standard InChI is InChI=1S/C17H27NO2/c1-3-4-5-6-7-12-17(13-18,16(19)20)15-10-8-14(2)9-11-15/h8-11H,3-7,12-13,18H2,1-2H3,(H,19,20). The van der Waals surface area contributed by atoms with Crippen molar-refractivity contribution in [1.29, 1.82) is 0 Å². The van der Waals surface area contributed by atoms with Gasteiger partial charge in [-0.15, -0.1) is 0 Å². The molecule has 0 amide bonds. The minimum atomic E-state index is -0.931. The van der Waals surface area contributed by atoms with Gasteiger partial charge in [0.05, 0.1) is 0 Å². The first kappa shape index (κ1) is 16.7. The van der Waals surface area contributed by atoms with E-state index in [0.29, 0.717) is 6.42 Å². The Hall–Kier alpha value is -1.35. The molecule has 0 aliphatic rings. The molecule has 1 atom stereocenters. The lowest BCUT2D eigenvalue weighted by atomic mass is 9.76. The minimum Gasteiger partial charge on any atom is -0.481 e. The molecule has 0 aliphatic carbocycles. The highest BCUT2D eigenvalue weighted by atomic mass is 16.4. The molecular weight excluding hydrogens is 250 g/mol. The van der Waals surface area contributed by atoms with Gasteiger partial charge in [-0.1, -0.05) is 68.9 Å². The number of unbranched alkanes of at least 4 members (excludes halogenated alkanes) is 4. The Labute approximate surface area is 122 Å². The number of benzene rings is 1. The van der Waals surface area contributed by atoms with Crippen LogP contribution in [0, 0.1) is 6.92 Å². The molecule has 0 saturated heterocycles. The second kappa shape index (κ2) is 8.05. The lowest BCUT2D eigenvalue weighted by Gasteiger charge is -2.28. The molecule has 20 heavy (non-hydrogen) atoms. The largest absolute Gasteiger partial charge is 0.481 e. The number of carboxylic acid groups (broad SMARTS) is 1. The van der Waals surface area contributed by atoms with Crippen molar-refractivity contribution in [1.82, 2.24) is 0 Å². The fourth-order valence-electron chi connectivity index (χ4n) is 2.58. The second-order valence-electron chi connectivity index (χ2n) is 5.62. The topological polar surface area (TPSA) is 63.3 Å². The summed E-state index contributed by atoms with van der Waals surface area (Å²) in [7, 11) is 0. The smallest absolute Gasteiger partial charge is 0.315 e. The van der Waals surface area contributed by atoms with Crippen molar-refractivity contribution < 1.29 is 9.90 Å². The van der Waals surface area contributed by atoms with Gasteiger partial charge in [-0.25, -0.2) is 0 Å². The number of carbonyl (C=O) groups is 1. The van der Waals surface area contributed by atoms with E-state index in [1.54, 1.807) is 0 Å². The zero-order valence-corrected chi connectivity index (χ0v) is 12.7. The molecule has 0 fully saturated rings. The van der Waals surface area contributed by atoms with Gasteiger partial charge in [0.2, 0.25) is 0 Å². The van der Waals surface area contributed by atoms with Crippen LogP contribution in [0.25, 0.3) is 0 Å². The summed E-state index contributed by atoms with van der Waals surface area (Å²) in [5.41, 5.74) is 6.87. The Morgan fingerprint density at radius 2 is 1.75 bits per heavy atom. The molecular formula is C17H27NO2. The van der Waals surface area contributed by atoms with Gasteiger partial charge in [0.1, 0.15) is 5.41 Å². The van der Waals surface area contributed by atoms with Crippen LogP contribution in [-0.4, -0.2) is 17.6 Å². The van der Waals surface area contributed by atoms with Crippen LogP contribution >= 0.6 is 0 Å². The molecule has 0 saturated carbocycles. The van der Waals surface area contributed by atoms with Crippen LogP contribution in [0.3, 0.4) is 0 Å². The van der Waals surface area contributed by atoms with E-state index >= 15 is 0 Å². The summed E-state index contributed by atoms with van der Waals surface area (Å²) >= 11 is 0. The Morgan fingerprint density at radius 3 is 2.25 bits per heavy atom. The zero-order chi connectivity index (χ0) is 15.0. The maximum atomic E-state index is 11.8. The number of rotatable bonds is 9. The van der Waals surface area contributed by atoms with Crippen LogP contribution in [0.5, 0.6) is 0 Å². The minimum absolute atomic E-state index is 0.152. The van der Waals surface area contributed by atoms with E-state index in [2.05, 4.69) is 6.92 Å². The number of nitrogens with two attached hydrogens (primary N) is 1. The van der Waals surface area contributed by atoms with Crippen LogP contribution in [0.2, 0.25) is 0 Å². The Bertz CT molecular complexity index is 414. The number of hydrogen-bond donors (Lipinski definition) is 2. The van der Waals surface area contributed by atoms with Gasteiger partial charge in [0.15, 0.2) is 0 Å². The molecule has 1 aromatic carbocycles. The predicted molar refractivity (Wildman–Crippen MR) is 82.9 cm³/mol. The highest BCUT2D eigenvalue weighted by Crippen LogP contribution is 2.30. The Kier molecular flexibility index (Phi) is 6.73. The summed E-state index contributed by atoms with van der Waals surface area (Å²) in [6.07, 6.45) is 6.19. The SMILES string of the molecule is CCCCCCCC(CN)(C(=O)O)c1ccc(C)cc1. The maximum Gasteiger partial charge on any atom is 0.315 e. The molecule has 0 heterocycles. The fraction of sp³-hybridized carbons (Fsp3) is 0.588. The third kappa shape index (κ3) is 4.07. The first-order chi connectivity index (χ1) is 9.56. The van der Waals surface area contributed by atoms with Crippen LogP contribution in [0.15, 0.2) is 24.3 Å². The molecule has 1 unspecified atom stereocenters. The molecule has 3 N–H and O–H groups in total. The molecule has 1 rings (SSSR count). The van der Waals surface area contributed by atoms with Gasteiger partial charge in [-0.3, -0.25) is 4.79 Å². The molecule has 3 nitrogen and oxygen atoms in total. The lowest BCUT2D eigenvalue weighted by molar-refractivity contribution is -0.143. The van der Waals surface area contributed by atoms with Crippen molar-refractivity contribution in [3.05, 3.63) is 35.4 Å². The summed E-state index contributed by atoms with van der Waals surface area (Å²) in [4.78, 5) is 11.8. The van der Waals surface area contributed by atoms with E-state index in [0.717, 1.165) is 24.0 Å². The first-order valence-corrected chi connectivity index (χ1v) is 7.57. The number of carboxylic acids is 1. The zero-order valence-electron chi connectivity index (χ0n) is 12.7. The molecule has 0 bridgehead atoms.